The van der Waals surface area contributed by atoms with Crippen LogP contribution in [0.1, 0.15) is 11.7 Å². The lowest BCUT2D eigenvalue weighted by Gasteiger charge is -2.11. The normalized spacial score (nSPS) is 11.4. The van der Waals surface area contributed by atoms with Crippen molar-refractivity contribution < 1.29 is 17.6 Å². The van der Waals surface area contributed by atoms with E-state index >= 15 is 0 Å². The van der Waals surface area contributed by atoms with E-state index in [0.717, 1.165) is 5.56 Å². The Morgan fingerprint density at radius 1 is 0.971 bits per heavy atom. The molecule has 0 unspecified atom stereocenters. The third kappa shape index (κ3) is 5.04. The number of anilines is 1. The summed E-state index contributed by atoms with van der Waals surface area (Å²) in [4.78, 5) is 17.1. The molecular weight excluding hydrogens is 468 g/mol. The van der Waals surface area contributed by atoms with E-state index in [1.165, 1.54) is 18.4 Å². The molecule has 0 spiro atoms. The number of aromatic nitrogens is 5. The largest absolute Gasteiger partial charge is 0.449 e. The van der Waals surface area contributed by atoms with Crippen LogP contribution in [0.4, 0.5) is 5.69 Å². The van der Waals surface area contributed by atoms with Crippen LogP contribution in [-0.2, 0) is 10.0 Å². The van der Waals surface area contributed by atoms with Gasteiger partial charge in [-0.2, -0.15) is 4.98 Å². The number of ether oxygens (including phenoxy) is 1. The summed E-state index contributed by atoms with van der Waals surface area (Å²) in [6.45, 7) is 3.51. The van der Waals surface area contributed by atoms with Crippen molar-refractivity contribution in [1.82, 2.24) is 24.5 Å². The summed E-state index contributed by atoms with van der Waals surface area (Å²) >= 11 is 0. The molecule has 2 aromatic carbocycles. The number of nitrogens with zero attached hydrogens (tertiary/aromatic N) is 5. The van der Waals surface area contributed by atoms with E-state index in [0.29, 0.717) is 40.5 Å². The number of benzene rings is 2. The van der Waals surface area contributed by atoms with Crippen molar-refractivity contribution in [2.75, 3.05) is 4.72 Å². The van der Waals surface area contributed by atoms with Gasteiger partial charge >= 0.3 is 0 Å². The monoisotopic (exact) mass is 488 g/mol. The maximum Gasteiger partial charge on any atom is 0.261 e. The highest BCUT2D eigenvalue weighted by Gasteiger charge is 2.15. The van der Waals surface area contributed by atoms with Crippen LogP contribution < -0.4 is 9.46 Å². The Hall–Kier alpha value is -4.51. The second-order valence-corrected chi connectivity index (χ2v) is 9.27. The predicted molar refractivity (Wildman–Crippen MR) is 128 cm³/mol. The van der Waals surface area contributed by atoms with Crippen molar-refractivity contribution in [2.24, 2.45) is 0 Å². The van der Waals surface area contributed by atoms with E-state index in [-0.39, 0.29) is 4.90 Å². The number of oxazole rings is 1. The van der Waals surface area contributed by atoms with Gasteiger partial charge in [-0.15, -0.1) is 0 Å². The first-order valence-electron chi connectivity index (χ1n) is 10.5. The van der Waals surface area contributed by atoms with E-state index in [2.05, 4.69) is 24.7 Å². The molecule has 0 bridgehead atoms. The van der Waals surface area contributed by atoms with Gasteiger partial charge in [0.15, 0.2) is 5.89 Å². The average Bonchev–Trinajstić information content (AvgIpc) is 3.52. The lowest BCUT2D eigenvalue weighted by molar-refractivity contribution is 0.459. The number of aryl methyl sites for hydroxylation is 2. The van der Waals surface area contributed by atoms with Crippen LogP contribution in [0.2, 0.25) is 0 Å². The minimum Gasteiger partial charge on any atom is -0.449 e. The lowest BCUT2D eigenvalue weighted by atomic mass is 10.2. The number of sulfonamides is 1. The minimum atomic E-state index is -3.78. The molecule has 0 atom stereocenters. The van der Waals surface area contributed by atoms with Crippen LogP contribution in [0.5, 0.6) is 11.6 Å². The zero-order chi connectivity index (χ0) is 24.4. The molecule has 0 aliphatic heterocycles. The molecule has 3 heterocycles. The Balaban J connectivity index is 1.28. The number of rotatable bonds is 7. The van der Waals surface area contributed by atoms with Crippen LogP contribution in [0.15, 0.2) is 88.9 Å². The van der Waals surface area contributed by atoms with Gasteiger partial charge in [-0.25, -0.2) is 23.4 Å². The topological polar surface area (TPSA) is 125 Å². The molecule has 0 aliphatic carbocycles. The van der Waals surface area contributed by atoms with E-state index < -0.39 is 10.0 Å². The van der Waals surface area contributed by atoms with Gasteiger partial charge in [0.25, 0.3) is 10.0 Å². The highest BCUT2D eigenvalue weighted by molar-refractivity contribution is 7.92. The predicted octanol–water partition coefficient (Wildman–Crippen LogP) is 4.53. The number of nitrogens with one attached hydrogen (secondary N) is 1. The number of hydrogen-bond acceptors (Lipinski definition) is 8. The molecule has 1 N–H and O–H groups in total. The van der Waals surface area contributed by atoms with Crippen molar-refractivity contribution in [1.29, 1.82) is 0 Å². The number of imidazole rings is 1. The van der Waals surface area contributed by atoms with Crippen LogP contribution in [-0.4, -0.2) is 32.9 Å². The molecule has 10 nitrogen and oxygen atoms in total. The lowest BCUT2D eigenvalue weighted by Crippen LogP contribution is -2.12. The van der Waals surface area contributed by atoms with Gasteiger partial charge in [-0.3, -0.25) is 9.29 Å². The van der Waals surface area contributed by atoms with Crippen molar-refractivity contribution in [2.45, 2.75) is 18.7 Å². The quantitative estimate of drug-likeness (QED) is 0.354. The molecule has 11 heteroatoms. The van der Waals surface area contributed by atoms with E-state index in [9.17, 15) is 8.42 Å². The van der Waals surface area contributed by atoms with Gasteiger partial charge in [0.1, 0.15) is 35.7 Å². The van der Waals surface area contributed by atoms with Crippen molar-refractivity contribution >= 4 is 15.7 Å². The number of hydrogen-bond donors (Lipinski definition) is 1. The van der Waals surface area contributed by atoms with E-state index in [1.807, 2.05) is 0 Å². The van der Waals surface area contributed by atoms with Gasteiger partial charge in [-0.1, -0.05) is 12.1 Å². The van der Waals surface area contributed by atoms with Gasteiger partial charge in [0, 0.05) is 36.6 Å². The molecule has 5 rings (SSSR count). The maximum atomic E-state index is 12.8. The molecule has 0 saturated carbocycles. The second-order valence-electron chi connectivity index (χ2n) is 7.59. The zero-order valence-electron chi connectivity index (χ0n) is 18.8. The second kappa shape index (κ2) is 9.03. The molecule has 5 aromatic rings. The summed E-state index contributed by atoms with van der Waals surface area (Å²) in [5.41, 5.74) is 1.80. The SMILES string of the molecule is Cc1nc(Oc2ccc(NS(=O)(=O)c3ccc(-c4coc(C)n4)cc3)cc2)cc(-n2ccnc2)n1. The maximum absolute atomic E-state index is 12.8. The highest BCUT2D eigenvalue weighted by atomic mass is 32.2. The van der Waals surface area contributed by atoms with Crippen molar-refractivity contribution in [3.63, 3.8) is 0 Å². The molecule has 0 radical (unpaired) electrons. The van der Waals surface area contributed by atoms with Gasteiger partial charge < -0.3 is 9.15 Å². The summed E-state index contributed by atoms with van der Waals surface area (Å²) in [6, 6.07) is 14.6. The van der Waals surface area contributed by atoms with Crippen LogP contribution in [0, 0.1) is 13.8 Å². The standard InChI is InChI=1S/C24H20N6O4S/c1-16-26-23(30-12-11-25-15-30)13-24(27-16)34-20-7-5-19(6-8-20)29-35(31,32)21-9-3-18(4-10-21)22-14-33-17(2)28-22/h3-15,29H,1-2H3. The Kier molecular flexibility index (Phi) is 5.75. The third-order valence-electron chi connectivity index (χ3n) is 4.98. The zero-order valence-corrected chi connectivity index (χ0v) is 19.6. The summed E-state index contributed by atoms with van der Waals surface area (Å²) in [5.74, 6) is 2.56. The summed E-state index contributed by atoms with van der Waals surface area (Å²) in [6.07, 6.45) is 6.59. The Morgan fingerprint density at radius 2 is 1.74 bits per heavy atom. The fraction of sp³-hybridized carbons (Fsp3) is 0.0833. The molecule has 0 saturated heterocycles. The molecule has 176 valence electrons. The fourth-order valence-electron chi connectivity index (χ4n) is 3.33. The average molecular weight is 489 g/mol. The first-order chi connectivity index (χ1) is 16.9. The third-order valence-corrected chi connectivity index (χ3v) is 6.38. The van der Waals surface area contributed by atoms with Gasteiger partial charge in [0.05, 0.1) is 4.90 Å². The molecule has 3 aromatic heterocycles. The van der Waals surface area contributed by atoms with Crippen molar-refractivity contribution in [3.8, 4) is 28.7 Å². The highest BCUT2D eigenvalue weighted by Crippen LogP contribution is 2.25. The molecule has 0 amide bonds. The van der Waals surface area contributed by atoms with Gasteiger partial charge in [-0.05, 0) is 43.3 Å². The first kappa shape index (κ1) is 22.3. The van der Waals surface area contributed by atoms with E-state index in [1.54, 1.807) is 79.6 Å². The Bertz CT molecular complexity index is 1560. The smallest absolute Gasteiger partial charge is 0.261 e. The molecule has 35 heavy (non-hydrogen) atoms. The van der Waals surface area contributed by atoms with Crippen LogP contribution in [0.25, 0.3) is 17.1 Å². The summed E-state index contributed by atoms with van der Waals surface area (Å²) in [5, 5.41) is 0. The first-order valence-corrected chi connectivity index (χ1v) is 12.0. The molecular formula is C24H20N6O4S. The molecule has 0 aliphatic rings. The van der Waals surface area contributed by atoms with Crippen LogP contribution >= 0.6 is 0 Å². The van der Waals surface area contributed by atoms with Crippen LogP contribution in [0.3, 0.4) is 0 Å². The van der Waals surface area contributed by atoms with Gasteiger partial charge in [0.2, 0.25) is 5.88 Å². The fourth-order valence-corrected chi connectivity index (χ4v) is 4.39. The molecule has 0 fully saturated rings. The summed E-state index contributed by atoms with van der Waals surface area (Å²) in [7, 11) is -3.78. The van der Waals surface area contributed by atoms with Crippen molar-refractivity contribution in [3.05, 3.63) is 91.3 Å². The Labute approximate surface area is 201 Å². The summed E-state index contributed by atoms with van der Waals surface area (Å²) < 4.78 is 41.0. The minimum absolute atomic E-state index is 0.130. The Morgan fingerprint density at radius 3 is 2.40 bits per heavy atom. The van der Waals surface area contributed by atoms with E-state index in [4.69, 9.17) is 9.15 Å².